The Balaban J connectivity index is 2.84. The summed E-state index contributed by atoms with van der Waals surface area (Å²) in [5, 5.41) is 3.19. The predicted molar refractivity (Wildman–Crippen MR) is 71.2 cm³/mol. The van der Waals surface area contributed by atoms with Crippen molar-refractivity contribution >= 4 is 23.4 Å². The van der Waals surface area contributed by atoms with Gasteiger partial charge in [0.05, 0.1) is 0 Å². The SMILES string of the molecule is CNC(=O)C(C)N(Cc1ccc(Cl)cc1)C(C)=O. The summed E-state index contributed by atoms with van der Waals surface area (Å²) in [4.78, 5) is 24.7. The van der Waals surface area contributed by atoms with Crippen LogP contribution >= 0.6 is 11.6 Å². The summed E-state index contributed by atoms with van der Waals surface area (Å²) in [5.41, 5.74) is 0.936. The van der Waals surface area contributed by atoms with E-state index in [0.717, 1.165) is 5.56 Å². The van der Waals surface area contributed by atoms with E-state index in [-0.39, 0.29) is 11.8 Å². The third kappa shape index (κ3) is 3.74. The van der Waals surface area contributed by atoms with Gasteiger partial charge >= 0.3 is 0 Å². The first-order valence-electron chi connectivity index (χ1n) is 5.69. The van der Waals surface area contributed by atoms with E-state index < -0.39 is 6.04 Å². The van der Waals surface area contributed by atoms with Crippen molar-refractivity contribution in [3.05, 3.63) is 34.9 Å². The fraction of sp³-hybridized carbons (Fsp3) is 0.385. The predicted octanol–water partition coefficient (Wildman–Crippen LogP) is 1.82. The number of carbonyl (C=O) groups is 2. The first kappa shape index (κ1) is 14.5. The summed E-state index contributed by atoms with van der Waals surface area (Å²) < 4.78 is 0. The Hall–Kier alpha value is -1.55. The van der Waals surface area contributed by atoms with E-state index in [1.807, 2.05) is 12.1 Å². The number of carbonyl (C=O) groups excluding carboxylic acids is 2. The second-order valence-electron chi connectivity index (χ2n) is 4.06. The molecule has 1 N–H and O–H groups in total. The molecule has 0 aliphatic carbocycles. The van der Waals surface area contributed by atoms with Gasteiger partial charge in [-0.25, -0.2) is 0 Å². The van der Waals surface area contributed by atoms with Crippen molar-refractivity contribution in [1.82, 2.24) is 10.2 Å². The molecule has 0 spiro atoms. The molecule has 1 atom stereocenters. The fourth-order valence-corrected chi connectivity index (χ4v) is 1.78. The molecule has 1 aromatic carbocycles. The van der Waals surface area contributed by atoms with Gasteiger partial charge in [-0.1, -0.05) is 23.7 Å². The van der Waals surface area contributed by atoms with Gasteiger partial charge in [-0.05, 0) is 24.6 Å². The van der Waals surface area contributed by atoms with Crippen LogP contribution in [-0.4, -0.2) is 29.8 Å². The van der Waals surface area contributed by atoms with E-state index in [0.29, 0.717) is 11.6 Å². The Bertz CT molecular complexity index is 431. The van der Waals surface area contributed by atoms with Crippen LogP contribution in [0.4, 0.5) is 0 Å². The number of likely N-dealkylation sites (N-methyl/N-ethyl adjacent to an activating group) is 1. The van der Waals surface area contributed by atoms with Crippen molar-refractivity contribution < 1.29 is 9.59 Å². The average molecular weight is 269 g/mol. The molecule has 0 radical (unpaired) electrons. The van der Waals surface area contributed by atoms with Crippen LogP contribution in [0.2, 0.25) is 5.02 Å². The first-order valence-corrected chi connectivity index (χ1v) is 6.06. The van der Waals surface area contributed by atoms with Crippen LogP contribution in [0.5, 0.6) is 0 Å². The van der Waals surface area contributed by atoms with Gasteiger partial charge in [-0.15, -0.1) is 0 Å². The lowest BCUT2D eigenvalue weighted by Gasteiger charge is -2.27. The van der Waals surface area contributed by atoms with Crippen LogP contribution in [-0.2, 0) is 16.1 Å². The monoisotopic (exact) mass is 268 g/mol. The number of amides is 2. The zero-order chi connectivity index (χ0) is 13.7. The first-order chi connectivity index (χ1) is 8.45. The molecule has 1 aromatic rings. The van der Waals surface area contributed by atoms with Crippen molar-refractivity contribution in [2.45, 2.75) is 26.4 Å². The number of hydrogen-bond donors (Lipinski definition) is 1. The minimum atomic E-state index is -0.497. The maximum absolute atomic E-state index is 11.6. The van der Waals surface area contributed by atoms with Crippen LogP contribution < -0.4 is 5.32 Å². The van der Waals surface area contributed by atoms with Crippen LogP contribution in [0.15, 0.2) is 24.3 Å². The topological polar surface area (TPSA) is 49.4 Å². The van der Waals surface area contributed by atoms with Crippen molar-refractivity contribution in [1.29, 1.82) is 0 Å². The summed E-state index contributed by atoms with van der Waals surface area (Å²) in [7, 11) is 1.55. The van der Waals surface area contributed by atoms with E-state index >= 15 is 0 Å². The fourth-order valence-electron chi connectivity index (χ4n) is 1.66. The summed E-state index contributed by atoms with van der Waals surface area (Å²) in [5.74, 6) is -0.319. The molecule has 0 heterocycles. The quantitative estimate of drug-likeness (QED) is 0.906. The Morgan fingerprint density at radius 1 is 1.33 bits per heavy atom. The molecule has 0 fully saturated rings. The van der Waals surface area contributed by atoms with Gasteiger partial charge in [0, 0.05) is 25.5 Å². The number of nitrogens with one attached hydrogen (secondary N) is 1. The summed E-state index contributed by atoms with van der Waals surface area (Å²) in [6, 6.07) is 6.71. The largest absolute Gasteiger partial charge is 0.357 e. The smallest absolute Gasteiger partial charge is 0.242 e. The van der Waals surface area contributed by atoms with Crippen molar-refractivity contribution in [3.63, 3.8) is 0 Å². The second-order valence-corrected chi connectivity index (χ2v) is 4.50. The highest BCUT2D eigenvalue weighted by atomic mass is 35.5. The van der Waals surface area contributed by atoms with Crippen LogP contribution in [0.3, 0.4) is 0 Å². The van der Waals surface area contributed by atoms with Gasteiger partial charge in [-0.3, -0.25) is 9.59 Å². The average Bonchev–Trinajstić information content (AvgIpc) is 2.36. The molecule has 2 amide bonds. The number of benzene rings is 1. The van der Waals surface area contributed by atoms with Gasteiger partial charge in [0.25, 0.3) is 0 Å². The standard InChI is InChI=1S/C13H17ClN2O2/c1-9(13(18)15-3)16(10(2)17)8-11-4-6-12(14)7-5-11/h4-7,9H,8H2,1-3H3,(H,15,18). The molecule has 0 saturated heterocycles. The van der Waals surface area contributed by atoms with Gasteiger partial charge in [0.15, 0.2) is 0 Å². The van der Waals surface area contributed by atoms with Crippen LogP contribution in [0, 0.1) is 0 Å². The minimum Gasteiger partial charge on any atom is -0.357 e. The Kier molecular flexibility index (Phi) is 5.16. The van der Waals surface area contributed by atoms with Crippen molar-refractivity contribution in [2.75, 3.05) is 7.05 Å². The van der Waals surface area contributed by atoms with Gasteiger partial charge < -0.3 is 10.2 Å². The van der Waals surface area contributed by atoms with Crippen LogP contribution in [0.25, 0.3) is 0 Å². The molecule has 0 aromatic heterocycles. The molecule has 1 rings (SSSR count). The molecule has 0 saturated carbocycles. The summed E-state index contributed by atoms with van der Waals surface area (Å²) in [6.07, 6.45) is 0. The molecule has 98 valence electrons. The highest BCUT2D eigenvalue weighted by molar-refractivity contribution is 6.30. The highest BCUT2D eigenvalue weighted by Crippen LogP contribution is 2.13. The van der Waals surface area contributed by atoms with Crippen molar-refractivity contribution in [3.8, 4) is 0 Å². The zero-order valence-corrected chi connectivity index (χ0v) is 11.5. The minimum absolute atomic E-state index is 0.138. The molecule has 5 heteroatoms. The van der Waals surface area contributed by atoms with E-state index in [2.05, 4.69) is 5.32 Å². The van der Waals surface area contributed by atoms with Crippen LogP contribution in [0.1, 0.15) is 19.4 Å². The third-order valence-electron chi connectivity index (χ3n) is 2.76. The Morgan fingerprint density at radius 2 is 1.89 bits per heavy atom. The molecule has 18 heavy (non-hydrogen) atoms. The zero-order valence-electron chi connectivity index (χ0n) is 10.7. The molecule has 4 nitrogen and oxygen atoms in total. The molecule has 0 aliphatic rings. The van der Waals surface area contributed by atoms with E-state index in [1.165, 1.54) is 11.8 Å². The lowest BCUT2D eigenvalue weighted by Crippen LogP contribution is -2.45. The maximum Gasteiger partial charge on any atom is 0.242 e. The number of nitrogens with zero attached hydrogens (tertiary/aromatic N) is 1. The molecular formula is C13H17ClN2O2. The van der Waals surface area contributed by atoms with Gasteiger partial charge in [-0.2, -0.15) is 0 Å². The molecule has 0 bridgehead atoms. The van der Waals surface area contributed by atoms with Crippen molar-refractivity contribution in [2.24, 2.45) is 0 Å². The normalized spacial score (nSPS) is 11.8. The Morgan fingerprint density at radius 3 is 2.33 bits per heavy atom. The summed E-state index contributed by atoms with van der Waals surface area (Å²) >= 11 is 5.80. The van der Waals surface area contributed by atoms with Gasteiger partial charge in [0.2, 0.25) is 11.8 Å². The lowest BCUT2D eigenvalue weighted by molar-refractivity contribution is -0.138. The molecular weight excluding hydrogens is 252 g/mol. The second kappa shape index (κ2) is 6.40. The highest BCUT2D eigenvalue weighted by Gasteiger charge is 2.22. The number of halogens is 1. The van der Waals surface area contributed by atoms with E-state index in [1.54, 1.807) is 26.1 Å². The molecule has 1 unspecified atom stereocenters. The van der Waals surface area contributed by atoms with E-state index in [9.17, 15) is 9.59 Å². The lowest BCUT2D eigenvalue weighted by atomic mass is 10.1. The Labute approximate surface area is 112 Å². The third-order valence-corrected chi connectivity index (χ3v) is 3.02. The maximum atomic E-state index is 11.6. The summed E-state index contributed by atoms with van der Waals surface area (Å²) in [6.45, 7) is 3.55. The van der Waals surface area contributed by atoms with E-state index in [4.69, 9.17) is 11.6 Å². The molecule has 0 aliphatic heterocycles. The number of hydrogen-bond acceptors (Lipinski definition) is 2. The number of rotatable bonds is 4. The van der Waals surface area contributed by atoms with Gasteiger partial charge in [0.1, 0.15) is 6.04 Å².